The lowest BCUT2D eigenvalue weighted by molar-refractivity contribution is -0.128. The summed E-state index contributed by atoms with van der Waals surface area (Å²) in [5, 5.41) is 4.95. The maximum Gasteiger partial charge on any atom is 0.408 e. The second kappa shape index (κ2) is 10.5. The molecule has 0 unspecified atom stereocenters. The number of nitrogens with one attached hydrogen (secondary N) is 2. The molecule has 1 rings (SSSR count). The zero-order valence-corrected chi connectivity index (χ0v) is 14.6. The molecular formula is C16H23N3O4S. The first kappa shape index (κ1) is 19.8. The van der Waals surface area contributed by atoms with Crippen molar-refractivity contribution in [1.82, 2.24) is 10.6 Å². The Bertz CT molecular complexity index is 554. The predicted molar refractivity (Wildman–Crippen MR) is 93.3 cm³/mol. The van der Waals surface area contributed by atoms with Crippen LogP contribution in [0.15, 0.2) is 30.3 Å². The fourth-order valence-electron chi connectivity index (χ4n) is 1.83. The van der Waals surface area contributed by atoms with Gasteiger partial charge < -0.3 is 21.1 Å². The molecule has 132 valence electrons. The number of amides is 3. The number of alkyl carbamates (subject to hydrolysis) is 1. The molecule has 0 spiro atoms. The van der Waals surface area contributed by atoms with E-state index in [4.69, 9.17) is 10.5 Å². The molecule has 0 aromatic heterocycles. The molecule has 2 atom stereocenters. The number of thioether (sulfide) groups is 1. The Morgan fingerprint density at radius 3 is 2.46 bits per heavy atom. The number of primary amides is 1. The van der Waals surface area contributed by atoms with Crippen LogP contribution in [0.1, 0.15) is 18.9 Å². The number of hydrogen-bond donors (Lipinski definition) is 3. The molecule has 0 heterocycles. The Morgan fingerprint density at radius 1 is 1.21 bits per heavy atom. The van der Waals surface area contributed by atoms with Crippen molar-refractivity contribution in [3.05, 3.63) is 35.9 Å². The summed E-state index contributed by atoms with van der Waals surface area (Å²) in [5.41, 5.74) is 6.11. The van der Waals surface area contributed by atoms with E-state index >= 15 is 0 Å². The van der Waals surface area contributed by atoms with Crippen molar-refractivity contribution in [2.24, 2.45) is 5.73 Å². The standard InChI is InChI=1S/C16H23N3O4S/c1-11(15(21)19-13(14(17)20)8-9-24-2)18-16(22)23-10-12-6-4-3-5-7-12/h3-7,11,13H,8-10H2,1-2H3,(H2,17,20)(H,18,22)(H,19,21)/t11-,13+/m1/s1. The highest BCUT2D eigenvalue weighted by atomic mass is 32.2. The smallest absolute Gasteiger partial charge is 0.408 e. The molecule has 0 saturated heterocycles. The van der Waals surface area contributed by atoms with Crippen LogP contribution < -0.4 is 16.4 Å². The van der Waals surface area contributed by atoms with E-state index in [2.05, 4.69) is 10.6 Å². The summed E-state index contributed by atoms with van der Waals surface area (Å²) >= 11 is 1.55. The highest BCUT2D eigenvalue weighted by Gasteiger charge is 2.22. The quantitative estimate of drug-likeness (QED) is 0.614. The molecule has 7 nitrogen and oxygen atoms in total. The number of ether oxygens (including phenoxy) is 1. The molecule has 0 aliphatic rings. The van der Waals surface area contributed by atoms with Crippen molar-refractivity contribution in [3.8, 4) is 0 Å². The third kappa shape index (κ3) is 7.36. The van der Waals surface area contributed by atoms with Crippen LogP contribution in [0.4, 0.5) is 4.79 Å². The van der Waals surface area contributed by atoms with Crippen LogP contribution in [0, 0.1) is 0 Å². The molecule has 1 aromatic rings. The van der Waals surface area contributed by atoms with Crippen molar-refractivity contribution in [1.29, 1.82) is 0 Å². The molecule has 1 aromatic carbocycles. The van der Waals surface area contributed by atoms with Gasteiger partial charge in [0.25, 0.3) is 0 Å². The molecule has 3 amide bonds. The highest BCUT2D eigenvalue weighted by molar-refractivity contribution is 7.98. The minimum absolute atomic E-state index is 0.110. The van der Waals surface area contributed by atoms with Gasteiger partial charge in [0.05, 0.1) is 0 Å². The molecule has 24 heavy (non-hydrogen) atoms. The van der Waals surface area contributed by atoms with Crippen LogP contribution >= 0.6 is 11.8 Å². The summed E-state index contributed by atoms with van der Waals surface area (Å²) < 4.78 is 5.04. The van der Waals surface area contributed by atoms with E-state index < -0.39 is 30.0 Å². The van der Waals surface area contributed by atoms with Gasteiger partial charge in [-0.2, -0.15) is 11.8 Å². The van der Waals surface area contributed by atoms with Crippen LogP contribution in [0.3, 0.4) is 0 Å². The van der Waals surface area contributed by atoms with Gasteiger partial charge in [0.1, 0.15) is 18.7 Å². The van der Waals surface area contributed by atoms with Crippen LogP contribution in [-0.4, -0.2) is 42.0 Å². The molecule has 4 N–H and O–H groups in total. The lowest BCUT2D eigenvalue weighted by atomic mass is 10.2. The Hall–Kier alpha value is -2.22. The van der Waals surface area contributed by atoms with Gasteiger partial charge in [0.2, 0.25) is 11.8 Å². The van der Waals surface area contributed by atoms with Gasteiger partial charge in [-0.1, -0.05) is 30.3 Å². The second-order valence-electron chi connectivity index (χ2n) is 5.17. The third-order valence-electron chi connectivity index (χ3n) is 3.21. The van der Waals surface area contributed by atoms with Crippen molar-refractivity contribution in [3.63, 3.8) is 0 Å². The molecule has 8 heteroatoms. The van der Waals surface area contributed by atoms with Gasteiger partial charge in [-0.3, -0.25) is 9.59 Å². The molecule has 0 radical (unpaired) electrons. The van der Waals surface area contributed by atoms with Gasteiger partial charge in [-0.05, 0) is 30.9 Å². The Labute approximate surface area is 145 Å². The summed E-state index contributed by atoms with van der Waals surface area (Å²) in [6.45, 7) is 1.62. The highest BCUT2D eigenvalue weighted by Crippen LogP contribution is 2.02. The van der Waals surface area contributed by atoms with E-state index in [-0.39, 0.29) is 6.61 Å². The van der Waals surface area contributed by atoms with Gasteiger partial charge in [-0.25, -0.2) is 4.79 Å². The first-order valence-corrected chi connectivity index (χ1v) is 8.89. The number of nitrogens with two attached hydrogens (primary N) is 1. The zero-order chi connectivity index (χ0) is 17.9. The average molecular weight is 353 g/mol. The topological polar surface area (TPSA) is 111 Å². The van der Waals surface area contributed by atoms with Crippen molar-refractivity contribution >= 4 is 29.7 Å². The van der Waals surface area contributed by atoms with E-state index in [1.165, 1.54) is 6.92 Å². The summed E-state index contributed by atoms with van der Waals surface area (Å²) in [5.74, 6) is -0.401. The fourth-order valence-corrected chi connectivity index (χ4v) is 2.30. The number of carbonyl (C=O) groups excluding carboxylic acids is 3. The number of benzene rings is 1. The predicted octanol–water partition coefficient (Wildman–Crippen LogP) is 1.02. The maximum atomic E-state index is 12.0. The zero-order valence-electron chi connectivity index (χ0n) is 13.8. The van der Waals surface area contributed by atoms with Gasteiger partial charge in [-0.15, -0.1) is 0 Å². The van der Waals surface area contributed by atoms with E-state index in [9.17, 15) is 14.4 Å². The minimum Gasteiger partial charge on any atom is -0.445 e. The van der Waals surface area contributed by atoms with Gasteiger partial charge >= 0.3 is 6.09 Å². The first-order chi connectivity index (χ1) is 11.4. The summed E-state index contributed by atoms with van der Waals surface area (Å²) in [6.07, 6.45) is 1.63. The van der Waals surface area contributed by atoms with E-state index in [0.717, 1.165) is 5.56 Å². The summed E-state index contributed by atoms with van der Waals surface area (Å²) in [4.78, 5) is 35.1. The summed E-state index contributed by atoms with van der Waals surface area (Å²) in [6, 6.07) is 7.59. The Morgan fingerprint density at radius 2 is 1.88 bits per heavy atom. The Kier molecular flexibility index (Phi) is 8.70. The van der Waals surface area contributed by atoms with E-state index in [1.54, 1.807) is 11.8 Å². The monoisotopic (exact) mass is 353 g/mol. The number of carbonyl (C=O) groups is 3. The fraction of sp³-hybridized carbons (Fsp3) is 0.438. The van der Waals surface area contributed by atoms with Crippen LogP contribution in [0.2, 0.25) is 0 Å². The first-order valence-electron chi connectivity index (χ1n) is 7.50. The maximum absolute atomic E-state index is 12.0. The Balaban J connectivity index is 2.41. The van der Waals surface area contributed by atoms with Crippen LogP contribution in [0.25, 0.3) is 0 Å². The van der Waals surface area contributed by atoms with E-state index in [0.29, 0.717) is 12.2 Å². The molecule has 0 aliphatic heterocycles. The number of rotatable bonds is 9. The van der Waals surface area contributed by atoms with Crippen LogP contribution in [0.5, 0.6) is 0 Å². The largest absolute Gasteiger partial charge is 0.445 e. The molecule has 0 fully saturated rings. The number of hydrogen-bond acceptors (Lipinski definition) is 5. The lowest BCUT2D eigenvalue weighted by Gasteiger charge is -2.19. The van der Waals surface area contributed by atoms with E-state index in [1.807, 2.05) is 36.6 Å². The normalized spacial score (nSPS) is 12.8. The van der Waals surface area contributed by atoms with Gasteiger partial charge in [0.15, 0.2) is 0 Å². The molecular weight excluding hydrogens is 330 g/mol. The third-order valence-corrected chi connectivity index (χ3v) is 3.85. The minimum atomic E-state index is -0.843. The molecule has 0 aliphatic carbocycles. The second-order valence-corrected chi connectivity index (χ2v) is 6.16. The molecule has 0 bridgehead atoms. The average Bonchev–Trinajstić information content (AvgIpc) is 2.57. The van der Waals surface area contributed by atoms with Crippen molar-refractivity contribution in [2.45, 2.75) is 32.0 Å². The van der Waals surface area contributed by atoms with Crippen molar-refractivity contribution < 1.29 is 19.1 Å². The SMILES string of the molecule is CSCC[C@H](NC(=O)[C@@H](C)NC(=O)OCc1ccccc1)C(N)=O. The summed E-state index contributed by atoms with van der Waals surface area (Å²) in [7, 11) is 0. The molecule has 0 saturated carbocycles. The van der Waals surface area contributed by atoms with Crippen molar-refractivity contribution in [2.75, 3.05) is 12.0 Å². The lowest BCUT2D eigenvalue weighted by Crippen LogP contribution is -2.52. The van der Waals surface area contributed by atoms with Crippen LogP contribution in [-0.2, 0) is 20.9 Å². The van der Waals surface area contributed by atoms with Gasteiger partial charge in [0, 0.05) is 0 Å².